The molecule has 1 aromatic carbocycles. The lowest BCUT2D eigenvalue weighted by Gasteiger charge is -2.25. The van der Waals surface area contributed by atoms with Crippen LogP contribution in [-0.4, -0.2) is 21.8 Å². The number of halogens is 3. The molecule has 1 N–H and O–H groups in total. The fourth-order valence-electron chi connectivity index (χ4n) is 2.01. The highest BCUT2D eigenvalue weighted by atomic mass is 32.2. The number of hydrogen-bond donors (Lipinski definition) is 1. The number of nitrogens with one attached hydrogen (secondary N) is 1. The molecule has 1 fully saturated rings. The molecule has 0 bridgehead atoms. The summed E-state index contributed by atoms with van der Waals surface area (Å²) in [6, 6.07) is 5.45. The maximum absolute atomic E-state index is 12.8. The van der Waals surface area contributed by atoms with Crippen LogP contribution >= 0.6 is 0 Å². The molecule has 1 aromatic rings. The van der Waals surface area contributed by atoms with Crippen LogP contribution in [0, 0.1) is 0 Å². The van der Waals surface area contributed by atoms with Gasteiger partial charge in [-0.3, -0.25) is 4.21 Å². The van der Waals surface area contributed by atoms with Gasteiger partial charge in [0.1, 0.15) is 0 Å². The van der Waals surface area contributed by atoms with Crippen molar-refractivity contribution in [3.05, 3.63) is 29.8 Å². The van der Waals surface area contributed by atoms with Crippen molar-refractivity contribution in [1.29, 1.82) is 0 Å². The third-order valence-electron chi connectivity index (χ3n) is 2.98. The maximum Gasteiger partial charge on any atom is 0.418 e. The Kier molecular flexibility index (Phi) is 3.94. The van der Waals surface area contributed by atoms with E-state index in [2.05, 4.69) is 5.32 Å². The number of rotatable bonds is 2. The van der Waals surface area contributed by atoms with Crippen molar-refractivity contribution in [3.8, 4) is 0 Å². The van der Waals surface area contributed by atoms with Crippen LogP contribution < -0.4 is 5.32 Å². The van der Waals surface area contributed by atoms with Crippen molar-refractivity contribution in [2.75, 3.05) is 16.8 Å². The molecule has 100 valence electrons. The van der Waals surface area contributed by atoms with E-state index in [0.29, 0.717) is 24.3 Å². The Morgan fingerprint density at radius 1 is 1.17 bits per heavy atom. The summed E-state index contributed by atoms with van der Waals surface area (Å²) in [5.74, 6) is 1.12. The third-order valence-corrected chi connectivity index (χ3v) is 4.36. The number of benzene rings is 1. The zero-order valence-corrected chi connectivity index (χ0v) is 10.5. The van der Waals surface area contributed by atoms with E-state index in [1.807, 2.05) is 0 Å². The number of anilines is 1. The van der Waals surface area contributed by atoms with Crippen LogP contribution in [-0.2, 0) is 17.0 Å². The molecule has 0 aliphatic carbocycles. The van der Waals surface area contributed by atoms with Crippen LogP contribution in [0.25, 0.3) is 0 Å². The van der Waals surface area contributed by atoms with Crippen molar-refractivity contribution < 1.29 is 17.4 Å². The first-order valence-corrected chi connectivity index (χ1v) is 7.23. The van der Waals surface area contributed by atoms with Gasteiger partial charge in [-0.05, 0) is 25.0 Å². The molecular weight excluding hydrogens is 263 g/mol. The molecule has 6 heteroatoms. The normalized spacial score (nSPS) is 24.8. The molecule has 0 amide bonds. The molecule has 1 aliphatic rings. The van der Waals surface area contributed by atoms with Crippen molar-refractivity contribution in [2.24, 2.45) is 0 Å². The molecule has 18 heavy (non-hydrogen) atoms. The van der Waals surface area contributed by atoms with E-state index in [9.17, 15) is 17.4 Å². The Bertz CT molecular complexity index is 437. The van der Waals surface area contributed by atoms with Crippen LogP contribution in [0.2, 0.25) is 0 Å². The van der Waals surface area contributed by atoms with Crippen molar-refractivity contribution in [2.45, 2.75) is 25.1 Å². The molecule has 0 atom stereocenters. The molecule has 0 saturated carbocycles. The molecule has 2 nitrogen and oxygen atoms in total. The van der Waals surface area contributed by atoms with E-state index in [-0.39, 0.29) is 11.7 Å². The zero-order chi connectivity index (χ0) is 13.2. The van der Waals surface area contributed by atoms with E-state index in [0.717, 1.165) is 6.07 Å². The fraction of sp³-hybridized carbons (Fsp3) is 0.500. The minimum Gasteiger partial charge on any atom is -0.382 e. The first-order valence-electron chi connectivity index (χ1n) is 5.74. The lowest BCUT2D eigenvalue weighted by atomic mass is 10.1. The Morgan fingerprint density at radius 2 is 1.78 bits per heavy atom. The van der Waals surface area contributed by atoms with Crippen LogP contribution in [0.15, 0.2) is 24.3 Å². The van der Waals surface area contributed by atoms with Crippen molar-refractivity contribution in [3.63, 3.8) is 0 Å². The largest absolute Gasteiger partial charge is 0.418 e. The highest BCUT2D eigenvalue weighted by Crippen LogP contribution is 2.35. The second-order valence-corrected chi connectivity index (χ2v) is 6.01. The van der Waals surface area contributed by atoms with E-state index < -0.39 is 22.5 Å². The highest BCUT2D eigenvalue weighted by molar-refractivity contribution is 7.85. The topological polar surface area (TPSA) is 29.1 Å². The van der Waals surface area contributed by atoms with Gasteiger partial charge in [-0.15, -0.1) is 0 Å². The molecule has 0 spiro atoms. The Balaban J connectivity index is 2.12. The predicted molar refractivity (Wildman–Crippen MR) is 66.0 cm³/mol. The molecule has 1 aliphatic heterocycles. The first-order chi connectivity index (χ1) is 8.47. The molecule has 2 rings (SSSR count). The quantitative estimate of drug-likeness (QED) is 0.900. The minimum atomic E-state index is -4.35. The monoisotopic (exact) mass is 277 g/mol. The SMILES string of the molecule is O=S1CCC(Nc2ccccc2C(F)(F)F)CC1. The molecule has 1 saturated heterocycles. The summed E-state index contributed by atoms with van der Waals surface area (Å²) in [7, 11) is -0.804. The molecule has 1 heterocycles. The minimum absolute atomic E-state index is 0.0220. The Labute approximate surface area is 106 Å². The van der Waals surface area contributed by atoms with Crippen molar-refractivity contribution in [1.82, 2.24) is 0 Å². The molecule has 0 aromatic heterocycles. The fourth-order valence-corrected chi connectivity index (χ4v) is 3.31. The summed E-state index contributed by atoms with van der Waals surface area (Å²) in [5.41, 5.74) is -0.528. The van der Waals surface area contributed by atoms with Crippen LogP contribution in [0.5, 0.6) is 0 Å². The summed E-state index contributed by atoms with van der Waals surface area (Å²) in [4.78, 5) is 0. The summed E-state index contributed by atoms with van der Waals surface area (Å²) < 4.78 is 49.5. The molecule has 0 unspecified atom stereocenters. The van der Waals surface area contributed by atoms with E-state index in [1.165, 1.54) is 12.1 Å². The van der Waals surface area contributed by atoms with Crippen LogP contribution in [0.4, 0.5) is 18.9 Å². The second-order valence-electron chi connectivity index (χ2n) is 4.31. The van der Waals surface area contributed by atoms with Gasteiger partial charge < -0.3 is 5.32 Å². The summed E-state index contributed by atoms with van der Waals surface area (Å²) in [6.45, 7) is 0. The smallest absolute Gasteiger partial charge is 0.382 e. The average molecular weight is 277 g/mol. The number of alkyl halides is 3. The summed E-state index contributed by atoms with van der Waals surface area (Å²) >= 11 is 0. The molecule has 0 radical (unpaired) electrons. The van der Waals surface area contributed by atoms with Gasteiger partial charge in [0, 0.05) is 34.0 Å². The zero-order valence-electron chi connectivity index (χ0n) is 9.67. The standard InChI is InChI=1S/C12H14F3NOS/c13-12(14,15)10-3-1-2-4-11(10)16-9-5-7-18(17)8-6-9/h1-4,9,16H,5-8H2. The summed E-state index contributed by atoms with van der Waals surface area (Å²) in [6.07, 6.45) is -3.04. The lowest BCUT2D eigenvalue weighted by Crippen LogP contribution is -2.30. The van der Waals surface area contributed by atoms with Crippen LogP contribution in [0.1, 0.15) is 18.4 Å². The Hall–Kier alpha value is -1.04. The highest BCUT2D eigenvalue weighted by Gasteiger charge is 2.33. The van der Waals surface area contributed by atoms with Gasteiger partial charge in [-0.1, -0.05) is 12.1 Å². The van der Waals surface area contributed by atoms with E-state index in [4.69, 9.17) is 0 Å². The van der Waals surface area contributed by atoms with E-state index >= 15 is 0 Å². The molecular formula is C12H14F3NOS. The van der Waals surface area contributed by atoms with Crippen molar-refractivity contribution >= 4 is 16.5 Å². The van der Waals surface area contributed by atoms with Gasteiger partial charge in [0.05, 0.1) is 5.56 Å². The van der Waals surface area contributed by atoms with Gasteiger partial charge >= 0.3 is 6.18 Å². The lowest BCUT2D eigenvalue weighted by molar-refractivity contribution is -0.137. The van der Waals surface area contributed by atoms with Gasteiger partial charge in [0.15, 0.2) is 0 Å². The average Bonchev–Trinajstić information content (AvgIpc) is 2.31. The second kappa shape index (κ2) is 5.30. The maximum atomic E-state index is 12.8. The Morgan fingerprint density at radius 3 is 2.39 bits per heavy atom. The third kappa shape index (κ3) is 3.25. The van der Waals surface area contributed by atoms with E-state index in [1.54, 1.807) is 6.07 Å². The van der Waals surface area contributed by atoms with Gasteiger partial charge in [-0.25, -0.2) is 0 Å². The van der Waals surface area contributed by atoms with Gasteiger partial charge in [-0.2, -0.15) is 13.2 Å². The number of para-hydroxylation sites is 1. The van der Waals surface area contributed by atoms with Gasteiger partial charge in [0.2, 0.25) is 0 Å². The van der Waals surface area contributed by atoms with Crippen LogP contribution in [0.3, 0.4) is 0 Å². The van der Waals surface area contributed by atoms with Gasteiger partial charge in [0.25, 0.3) is 0 Å². The summed E-state index contributed by atoms with van der Waals surface area (Å²) in [5, 5.41) is 2.92. The number of hydrogen-bond acceptors (Lipinski definition) is 2. The first kappa shape index (κ1) is 13.4. The predicted octanol–water partition coefficient (Wildman–Crippen LogP) is 3.03.